The van der Waals surface area contributed by atoms with Crippen LogP contribution in [0.2, 0.25) is 0 Å². The van der Waals surface area contributed by atoms with E-state index < -0.39 is 6.10 Å². The summed E-state index contributed by atoms with van der Waals surface area (Å²) in [6.07, 6.45) is 0.764. The SMILES string of the molecule is C[C@H](O)c1ccc(N2CCC(c3ccccc3)C2)c(Br)c1. The monoisotopic (exact) mass is 345 g/mol. The molecule has 1 unspecified atom stereocenters. The topological polar surface area (TPSA) is 23.5 Å². The van der Waals surface area contributed by atoms with Gasteiger partial charge in [0.25, 0.3) is 0 Å². The van der Waals surface area contributed by atoms with Crippen LogP contribution >= 0.6 is 15.9 Å². The van der Waals surface area contributed by atoms with Gasteiger partial charge in [-0.1, -0.05) is 36.4 Å². The van der Waals surface area contributed by atoms with Crippen molar-refractivity contribution >= 4 is 21.6 Å². The molecule has 0 spiro atoms. The fraction of sp³-hybridized carbons (Fsp3) is 0.333. The van der Waals surface area contributed by atoms with Crippen LogP contribution in [0.25, 0.3) is 0 Å². The molecule has 2 aromatic carbocycles. The van der Waals surface area contributed by atoms with E-state index in [1.54, 1.807) is 6.92 Å². The molecule has 1 fully saturated rings. The second kappa shape index (κ2) is 6.20. The summed E-state index contributed by atoms with van der Waals surface area (Å²) in [5.74, 6) is 0.606. The van der Waals surface area contributed by atoms with Crippen LogP contribution in [0.5, 0.6) is 0 Å². The number of rotatable bonds is 3. The lowest BCUT2D eigenvalue weighted by atomic mass is 9.99. The number of hydrogen-bond acceptors (Lipinski definition) is 2. The normalized spacial score (nSPS) is 19.8. The summed E-state index contributed by atoms with van der Waals surface area (Å²) in [6, 6.07) is 16.9. The lowest BCUT2D eigenvalue weighted by Gasteiger charge is -2.21. The zero-order chi connectivity index (χ0) is 14.8. The minimum absolute atomic E-state index is 0.425. The van der Waals surface area contributed by atoms with Gasteiger partial charge in [-0.25, -0.2) is 0 Å². The minimum Gasteiger partial charge on any atom is -0.389 e. The highest BCUT2D eigenvalue weighted by atomic mass is 79.9. The Hall–Kier alpha value is -1.32. The van der Waals surface area contributed by atoms with Crippen molar-refractivity contribution in [1.29, 1.82) is 0 Å². The van der Waals surface area contributed by atoms with E-state index in [9.17, 15) is 5.11 Å². The molecule has 3 rings (SSSR count). The summed E-state index contributed by atoms with van der Waals surface area (Å²) in [4.78, 5) is 2.42. The van der Waals surface area contributed by atoms with Crippen molar-refractivity contribution < 1.29 is 5.11 Å². The number of hydrogen-bond donors (Lipinski definition) is 1. The molecule has 3 heteroatoms. The molecular formula is C18H20BrNO. The Morgan fingerprint density at radius 2 is 1.95 bits per heavy atom. The number of halogens is 1. The predicted molar refractivity (Wildman–Crippen MR) is 90.8 cm³/mol. The maximum atomic E-state index is 9.66. The van der Waals surface area contributed by atoms with Gasteiger partial charge in [-0.2, -0.15) is 0 Å². The third-order valence-corrected chi connectivity index (χ3v) is 4.89. The maximum Gasteiger partial charge on any atom is 0.0762 e. The van der Waals surface area contributed by atoms with Crippen molar-refractivity contribution in [3.8, 4) is 0 Å². The van der Waals surface area contributed by atoms with Gasteiger partial charge in [0.05, 0.1) is 11.8 Å². The molecule has 2 aromatic rings. The van der Waals surface area contributed by atoms with Crippen molar-refractivity contribution in [3.63, 3.8) is 0 Å². The first kappa shape index (κ1) is 14.6. The van der Waals surface area contributed by atoms with E-state index in [-0.39, 0.29) is 0 Å². The average Bonchev–Trinajstić information content (AvgIpc) is 2.97. The van der Waals surface area contributed by atoms with Crippen LogP contribution in [0.15, 0.2) is 53.0 Å². The smallest absolute Gasteiger partial charge is 0.0762 e. The summed E-state index contributed by atoms with van der Waals surface area (Å²) >= 11 is 3.65. The summed E-state index contributed by atoms with van der Waals surface area (Å²) in [7, 11) is 0. The number of aliphatic hydroxyl groups excluding tert-OH is 1. The predicted octanol–water partition coefficient (Wildman–Crippen LogP) is 4.50. The molecule has 1 saturated heterocycles. The van der Waals surface area contributed by atoms with Crippen molar-refractivity contribution in [1.82, 2.24) is 0 Å². The minimum atomic E-state index is -0.425. The van der Waals surface area contributed by atoms with Gasteiger partial charge in [0.15, 0.2) is 0 Å². The summed E-state index contributed by atoms with van der Waals surface area (Å²) < 4.78 is 1.06. The Kier molecular flexibility index (Phi) is 4.32. The molecule has 2 nitrogen and oxygen atoms in total. The van der Waals surface area contributed by atoms with Crippen LogP contribution in [0.1, 0.15) is 36.5 Å². The molecule has 1 aliphatic rings. The molecule has 1 heterocycles. The highest BCUT2D eigenvalue weighted by molar-refractivity contribution is 9.10. The van der Waals surface area contributed by atoms with Gasteiger partial charge in [0.2, 0.25) is 0 Å². The Morgan fingerprint density at radius 3 is 2.62 bits per heavy atom. The lowest BCUT2D eigenvalue weighted by molar-refractivity contribution is 0.199. The molecular weight excluding hydrogens is 326 g/mol. The van der Waals surface area contributed by atoms with Gasteiger partial charge in [-0.05, 0) is 52.5 Å². The number of nitrogens with zero attached hydrogens (tertiary/aromatic N) is 1. The fourth-order valence-electron chi connectivity index (χ4n) is 3.02. The van der Waals surface area contributed by atoms with Gasteiger partial charge in [0, 0.05) is 23.5 Å². The molecule has 0 bridgehead atoms. The molecule has 0 radical (unpaired) electrons. The summed E-state index contributed by atoms with van der Waals surface area (Å²) in [5.41, 5.74) is 3.60. The average molecular weight is 346 g/mol. The molecule has 110 valence electrons. The van der Waals surface area contributed by atoms with Crippen molar-refractivity contribution in [3.05, 3.63) is 64.1 Å². The molecule has 2 atom stereocenters. The van der Waals surface area contributed by atoms with Crippen molar-refractivity contribution in [2.75, 3.05) is 18.0 Å². The Labute approximate surface area is 134 Å². The van der Waals surface area contributed by atoms with Gasteiger partial charge < -0.3 is 10.0 Å². The van der Waals surface area contributed by atoms with Crippen molar-refractivity contribution in [2.24, 2.45) is 0 Å². The quantitative estimate of drug-likeness (QED) is 0.885. The second-order valence-electron chi connectivity index (χ2n) is 5.73. The fourth-order valence-corrected chi connectivity index (χ4v) is 3.66. The Morgan fingerprint density at radius 1 is 1.19 bits per heavy atom. The van der Waals surface area contributed by atoms with E-state index in [1.807, 2.05) is 12.1 Å². The van der Waals surface area contributed by atoms with E-state index in [1.165, 1.54) is 17.7 Å². The van der Waals surface area contributed by atoms with Gasteiger partial charge >= 0.3 is 0 Å². The highest BCUT2D eigenvalue weighted by Crippen LogP contribution is 2.35. The standard InChI is InChI=1S/C18H20BrNO/c1-13(21)15-7-8-18(17(19)11-15)20-10-9-16(12-20)14-5-3-2-4-6-14/h2-8,11,13,16,21H,9-10,12H2,1H3/t13-,16?/m0/s1. The molecule has 21 heavy (non-hydrogen) atoms. The number of benzene rings is 2. The van der Waals surface area contributed by atoms with E-state index in [0.29, 0.717) is 5.92 Å². The highest BCUT2D eigenvalue weighted by Gasteiger charge is 2.25. The molecule has 1 aliphatic heterocycles. The first-order valence-corrected chi connectivity index (χ1v) is 8.22. The Bertz CT molecular complexity index is 612. The van der Waals surface area contributed by atoms with E-state index in [2.05, 4.69) is 57.2 Å². The zero-order valence-electron chi connectivity index (χ0n) is 12.2. The van der Waals surface area contributed by atoms with E-state index in [0.717, 1.165) is 23.1 Å². The van der Waals surface area contributed by atoms with Crippen LogP contribution in [0, 0.1) is 0 Å². The molecule has 1 N–H and O–H groups in total. The maximum absolute atomic E-state index is 9.66. The van der Waals surface area contributed by atoms with Gasteiger partial charge in [0.1, 0.15) is 0 Å². The summed E-state index contributed by atoms with van der Waals surface area (Å²) in [5, 5.41) is 9.66. The summed E-state index contributed by atoms with van der Waals surface area (Å²) in [6.45, 7) is 3.92. The third-order valence-electron chi connectivity index (χ3n) is 4.25. The number of anilines is 1. The van der Waals surface area contributed by atoms with Crippen LogP contribution in [-0.4, -0.2) is 18.2 Å². The first-order chi connectivity index (χ1) is 10.1. The van der Waals surface area contributed by atoms with E-state index >= 15 is 0 Å². The number of aliphatic hydroxyl groups is 1. The zero-order valence-corrected chi connectivity index (χ0v) is 13.8. The van der Waals surface area contributed by atoms with Crippen LogP contribution < -0.4 is 4.90 Å². The lowest BCUT2D eigenvalue weighted by Crippen LogP contribution is -2.19. The van der Waals surface area contributed by atoms with Crippen LogP contribution in [0.3, 0.4) is 0 Å². The molecule has 0 saturated carbocycles. The van der Waals surface area contributed by atoms with Crippen LogP contribution in [0.4, 0.5) is 5.69 Å². The van der Waals surface area contributed by atoms with Crippen LogP contribution in [-0.2, 0) is 0 Å². The van der Waals surface area contributed by atoms with E-state index in [4.69, 9.17) is 0 Å². The Balaban J connectivity index is 1.77. The largest absolute Gasteiger partial charge is 0.389 e. The second-order valence-corrected chi connectivity index (χ2v) is 6.58. The van der Waals surface area contributed by atoms with Gasteiger partial charge in [-0.3, -0.25) is 0 Å². The molecule has 0 amide bonds. The van der Waals surface area contributed by atoms with Gasteiger partial charge in [-0.15, -0.1) is 0 Å². The third kappa shape index (κ3) is 3.14. The molecule has 0 aliphatic carbocycles. The molecule has 0 aromatic heterocycles. The first-order valence-electron chi connectivity index (χ1n) is 7.42. The van der Waals surface area contributed by atoms with Crippen molar-refractivity contribution in [2.45, 2.75) is 25.4 Å².